The molecule has 2 aliphatic rings. The van der Waals surface area contributed by atoms with Crippen LogP contribution in [0.2, 0.25) is 0 Å². The van der Waals surface area contributed by atoms with E-state index in [1.165, 1.54) is 51.4 Å². The third kappa shape index (κ3) is 2.77. The Labute approximate surface area is 111 Å². The van der Waals surface area contributed by atoms with Crippen molar-refractivity contribution in [2.75, 3.05) is 0 Å². The molecule has 1 aliphatic heterocycles. The number of hydrogen-bond donors (Lipinski definition) is 1. The minimum atomic E-state index is 0.726. The number of hydrogen-bond acceptors (Lipinski definition) is 1. The average molecular weight is 243 g/mol. The fraction of sp³-hybridized carbons (Fsp3) is 0.647. The topological polar surface area (TPSA) is 12.0 Å². The van der Waals surface area contributed by atoms with Gasteiger partial charge in [-0.1, -0.05) is 24.6 Å². The van der Waals surface area contributed by atoms with Crippen molar-refractivity contribution in [3.63, 3.8) is 0 Å². The summed E-state index contributed by atoms with van der Waals surface area (Å²) in [4.78, 5) is 0. The molecule has 0 spiro atoms. The van der Waals surface area contributed by atoms with Gasteiger partial charge in [0.05, 0.1) is 0 Å². The van der Waals surface area contributed by atoms with E-state index in [1.54, 1.807) is 16.7 Å². The highest BCUT2D eigenvalue weighted by atomic mass is 15.0. The number of piperidine rings is 1. The largest absolute Gasteiger partial charge is 0.311 e. The van der Waals surface area contributed by atoms with E-state index in [0.29, 0.717) is 0 Å². The monoisotopic (exact) mass is 243 g/mol. The van der Waals surface area contributed by atoms with Gasteiger partial charge in [0.15, 0.2) is 0 Å². The van der Waals surface area contributed by atoms with Gasteiger partial charge in [-0.2, -0.15) is 0 Å². The van der Waals surface area contributed by atoms with Crippen LogP contribution in [0, 0.1) is 0 Å². The summed E-state index contributed by atoms with van der Waals surface area (Å²) in [6.07, 6.45) is 10.7. The molecule has 1 heterocycles. The van der Waals surface area contributed by atoms with Crippen LogP contribution >= 0.6 is 0 Å². The van der Waals surface area contributed by atoms with Gasteiger partial charge >= 0.3 is 0 Å². The second-order valence-electron chi connectivity index (χ2n) is 6.19. The van der Waals surface area contributed by atoms with Crippen molar-refractivity contribution in [1.29, 1.82) is 0 Å². The molecule has 2 unspecified atom stereocenters. The van der Waals surface area contributed by atoms with Gasteiger partial charge in [0.25, 0.3) is 0 Å². The SMILES string of the molecule is CC1CCCC(CCc2ccc3c(c2)CCC3)N1. The predicted molar refractivity (Wildman–Crippen MR) is 77.0 cm³/mol. The smallest absolute Gasteiger partial charge is 0.00727 e. The van der Waals surface area contributed by atoms with E-state index < -0.39 is 0 Å². The third-order valence-corrected chi connectivity index (χ3v) is 4.65. The van der Waals surface area contributed by atoms with Crippen LogP contribution in [0.15, 0.2) is 18.2 Å². The first-order valence-corrected chi connectivity index (χ1v) is 7.68. The van der Waals surface area contributed by atoms with Crippen LogP contribution in [0.4, 0.5) is 0 Å². The maximum Gasteiger partial charge on any atom is 0.00727 e. The van der Waals surface area contributed by atoms with Crippen LogP contribution in [0.1, 0.15) is 55.7 Å². The minimum Gasteiger partial charge on any atom is -0.311 e. The van der Waals surface area contributed by atoms with Crippen molar-refractivity contribution >= 4 is 0 Å². The first kappa shape index (κ1) is 12.2. The van der Waals surface area contributed by atoms with E-state index in [-0.39, 0.29) is 0 Å². The van der Waals surface area contributed by atoms with Crippen LogP contribution < -0.4 is 5.32 Å². The summed E-state index contributed by atoms with van der Waals surface area (Å²) in [5.74, 6) is 0. The maximum absolute atomic E-state index is 3.74. The highest BCUT2D eigenvalue weighted by Gasteiger charge is 2.17. The van der Waals surface area contributed by atoms with Crippen molar-refractivity contribution in [2.45, 2.75) is 70.4 Å². The summed E-state index contributed by atoms with van der Waals surface area (Å²) in [5, 5.41) is 3.74. The van der Waals surface area contributed by atoms with Gasteiger partial charge in [0, 0.05) is 12.1 Å². The minimum absolute atomic E-state index is 0.726. The molecule has 1 fully saturated rings. The highest BCUT2D eigenvalue weighted by molar-refractivity contribution is 5.35. The number of benzene rings is 1. The van der Waals surface area contributed by atoms with Gasteiger partial charge in [0.1, 0.15) is 0 Å². The number of nitrogens with one attached hydrogen (secondary N) is 1. The number of fused-ring (bicyclic) bond motifs is 1. The van der Waals surface area contributed by atoms with Crippen molar-refractivity contribution < 1.29 is 0 Å². The summed E-state index contributed by atoms with van der Waals surface area (Å²) in [6.45, 7) is 2.32. The van der Waals surface area contributed by atoms with E-state index >= 15 is 0 Å². The van der Waals surface area contributed by atoms with Crippen LogP contribution in [0.25, 0.3) is 0 Å². The molecule has 1 saturated heterocycles. The predicted octanol–water partition coefficient (Wildman–Crippen LogP) is 3.64. The zero-order valence-corrected chi connectivity index (χ0v) is 11.5. The molecular formula is C17H25N. The molecular weight excluding hydrogens is 218 g/mol. The zero-order valence-electron chi connectivity index (χ0n) is 11.5. The molecule has 3 rings (SSSR count). The molecule has 1 nitrogen and oxygen atoms in total. The second kappa shape index (κ2) is 5.44. The van der Waals surface area contributed by atoms with Gasteiger partial charge in [-0.25, -0.2) is 0 Å². The lowest BCUT2D eigenvalue weighted by molar-refractivity contribution is 0.322. The van der Waals surface area contributed by atoms with Crippen molar-refractivity contribution in [1.82, 2.24) is 5.32 Å². The van der Waals surface area contributed by atoms with Gasteiger partial charge in [-0.3, -0.25) is 0 Å². The number of rotatable bonds is 3. The van der Waals surface area contributed by atoms with E-state index in [0.717, 1.165) is 12.1 Å². The average Bonchev–Trinajstić information content (AvgIpc) is 2.84. The zero-order chi connectivity index (χ0) is 12.4. The molecule has 1 heteroatoms. The Morgan fingerprint density at radius 1 is 1.11 bits per heavy atom. The Morgan fingerprint density at radius 3 is 2.89 bits per heavy atom. The normalized spacial score (nSPS) is 27.2. The van der Waals surface area contributed by atoms with Crippen LogP contribution in [0.3, 0.4) is 0 Å². The summed E-state index contributed by atoms with van der Waals surface area (Å²) >= 11 is 0. The van der Waals surface area contributed by atoms with Crippen molar-refractivity contribution in [2.24, 2.45) is 0 Å². The quantitative estimate of drug-likeness (QED) is 0.854. The molecule has 0 amide bonds. The fourth-order valence-corrected chi connectivity index (χ4v) is 3.59. The number of aryl methyl sites for hydroxylation is 3. The van der Waals surface area contributed by atoms with Crippen molar-refractivity contribution in [3.8, 4) is 0 Å². The lowest BCUT2D eigenvalue weighted by Crippen LogP contribution is -2.40. The third-order valence-electron chi connectivity index (χ3n) is 4.65. The fourth-order valence-electron chi connectivity index (χ4n) is 3.59. The summed E-state index contributed by atoms with van der Waals surface area (Å²) < 4.78 is 0. The Bertz CT molecular complexity index is 410. The summed E-state index contributed by atoms with van der Waals surface area (Å²) in [6, 6.07) is 8.67. The first-order valence-electron chi connectivity index (χ1n) is 7.68. The highest BCUT2D eigenvalue weighted by Crippen LogP contribution is 2.24. The van der Waals surface area contributed by atoms with E-state index in [4.69, 9.17) is 0 Å². The summed E-state index contributed by atoms with van der Waals surface area (Å²) in [5.41, 5.74) is 4.77. The van der Waals surface area contributed by atoms with Crippen LogP contribution in [-0.2, 0) is 19.3 Å². The molecule has 2 atom stereocenters. The molecule has 1 aliphatic carbocycles. The molecule has 0 saturated carbocycles. The molecule has 0 bridgehead atoms. The van der Waals surface area contributed by atoms with Gasteiger partial charge in [0.2, 0.25) is 0 Å². The van der Waals surface area contributed by atoms with Crippen molar-refractivity contribution in [3.05, 3.63) is 34.9 Å². The van der Waals surface area contributed by atoms with E-state index in [9.17, 15) is 0 Å². The molecule has 18 heavy (non-hydrogen) atoms. The second-order valence-corrected chi connectivity index (χ2v) is 6.19. The van der Waals surface area contributed by atoms with Crippen LogP contribution in [-0.4, -0.2) is 12.1 Å². The Kier molecular flexibility index (Phi) is 3.69. The Morgan fingerprint density at radius 2 is 2.00 bits per heavy atom. The summed E-state index contributed by atoms with van der Waals surface area (Å²) in [7, 11) is 0. The van der Waals surface area contributed by atoms with Gasteiger partial charge in [-0.05, 0) is 68.6 Å². The van der Waals surface area contributed by atoms with Crippen LogP contribution in [0.5, 0.6) is 0 Å². The lowest BCUT2D eigenvalue weighted by Gasteiger charge is -2.28. The van der Waals surface area contributed by atoms with E-state index in [2.05, 4.69) is 30.4 Å². The van der Waals surface area contributed by atoms with Gasteiger partial charge < -0.3 is 5.32 Å². The Hall–Kier alpha value is -0.820. The molecule has 0 aromatic heterocycles. The molecule has 1 N–H and O–H groups in total. The molecule has 0 radical (unpaired) electrons. The Balaban J connectivity index is 1.56. The molecule has 1 aromatic carbocycles. The molecule has 1 aromatic rings. The maximum atomic E-state index is 3.74. The van der Waals surface area contributed by atoms with E-state index in [1.807, 2.05) is 0 Å². The molecule has 98 valence electrons. The standard InChI is InChI=1S/C17H25N/c1-13-4-2-7-17(18-13)11-9-14-8-10-15-5-3-6-16(15)12-14/h8,10,12-13,17-18H,2-7,9,11H2,1H3. The first-order chi connectivity index (χ1) is 8.81. The van der Waals surface area contributed by atoms with Gasteiger partial charge in [-0.15, -0.1) is 0 Å². The lowest BCUT2D eigenvalue weighted by atomic mass is 9.94.